The third-order valence-electron chi connectivity index (χ3n) is 3.05. The van der Waals surface area contributed by atoms with Crippen molar-refractivity contribution in [2.24, 2.45) is 0 Å². The van der Waals surface area contributed by atoms with Gasteiger partial charge in [-0.25, -0.2) is 4.39 Å². The van der Waals surface area contributed by atoms with E-state index in [1.165, 1.54) is 6.07 Å². The summed E-state index contributed by atoms with van der Waals surface area (Å²) in [6.07, 6.45) is 0. The van der Waals surface area contributed by atoms with Crippen LogP contribution < -0.4 is 5.32 Å². The fourth-order valence-corrected chi connectivity index (χ4v) is 2.12. The number of hydrogen-bond acceptors (Lipinski definition) is 2. The van der Waals surface area contributed by atoms with Gasteiger partial charge in [0, 0.05) is 5.56 Å². The summed E-state index contributed by atoms with van der Waals surface area (Å²) in [5.74, 6) is 1.12. The number of aryl methyl sites for hydroxylation is 2. The second-order valence-corrected chi connectivity index (χ2v) is 4.66. The highest BCUT2D eigenvalue weighted by molar-refractivity contribution is 6.30. The Morgan fingerprint density at radius 1 is 1.33 bits per heavy atom. The normalized spacial score (nSPS) is 12.7. The zero-order valence-electron chi connectivity index (χ0n) is 10.6. The third-order valence-corrected chi connectivity index (χ3v) is 3.34. The van der Waals surface area contributed by atoms with Crippen molar-refractivity contribution in [3.8, 4) is 0 Å². The number of hydrogen-bond donors (Lipinski definition) is 1. The van der Waals surface area contributed by atoms with E-state index in [9.17, 15) is 4.39 Å². The van der Waals surface area contributed by atoms with Gasteiger partial charge >= 0.3 is 0 Å². The van der Waals surface area contributed by atoms with Crippen LogP contribution in [-0.2, 0) is 0 Å². The Kier molecular flexibility index (Phi) is 3.73. The van der Waals surface area contributed by atoms with Gasteiger partial charge in [-0.05, 0) is 38.6 Å². The van der Waals surface area contributed by atoms with E-state index in [0.717, 1.165) is 11.3 Å². The molecule has 1 aromatic carbocycles. The fourth-order valence-electron chi connectivity index (χ4n) is 1.94. The molecule has 1 unspecified atom stereocenters. The molecule has 0 radical (unpaired) electrons. The Bertz CT molecular complexity index is 545. The van der Waals surface area contributed by atoms with Gasteiger partial charge < -0.3 is 9.73 Å². The van der Waals surface area contributed by atoms with Crippen LogP contribution in [0.4, 0.5) is 4.39 Å². The minimum absolute atomic E-state index is 0.118. The Balaban J connectivity index is 2.48. The van der Waals surface area contributed by atoms with Crippen LogP contribution >= 0.6 is 11.6 Å². The predicted molar refractivity (Wildman–Crippen MR) is 70.5 cm³/mol. The second kappa shape index (κ2) is 5.12. The Labute approximate surface area is 111 Å². The minimum atomic E-state index is -0.412. The quantitative estimate of drug-likeness (QED) is 0.909. The molecule has 1 atom stereocenters. The largest absolute Gasteiger partial charge is 0.464 e. The molecular weight excluding hydrogens is 253 g/mol. The van der Waals surface area contributed by atoms with E-state index in [0.29, 0.717) is 11.3 Å². The molecule has 4 heteroatoms. The first-order valence-electron chi connectivity index (χ1n) is 5.72. The maximum absolute atomic E-state index is 14.0. The van der Waals surface area contributed by atoms with Crippen LogP contribution in [0.25, 0.3) is 0 Å². The molecule has 0 fully saturated rings. The van der Waals surface area contributed by atoms with E-state index in [-0.39, 0.29) is 11.1 Å². The van der Waals surface area contributed by atoms with Crippen LogP contribution in [0, 0.1) is 19.7 Å². The highest BCUT2D eigenvalue weighted by Crippen LogP contribution is 2.30. The van der Waals surface area contributed by atoms with Crippen molar-refractivity contribution in [1.82, 2.24) is 5.32 Å². The molecule has 0 aliphatic rings. The topological polar surface area (TPSA) is 25.2 Å². The van der Waals surface area contributed by atoms with E-state index in [4.69, 9.17) is 16.0 Å². The number of benzene rings is 1. The van der Waals surface area contributed by atoms with E-state index in [2.05, 4.69) is 5.32 Å². The minimum Gasteiger partial charge on any atom is -0.464 e. The lowest BCUT2D eigenvalue weighted by atomic mass is 10.0. The molecular formula is C14H15ClFNO. The molecule has 2 aromatic rings. The van der Waals surface area contributed by atoms with Crippen molar-refractivity contribution in [2.45, 2.75) is 19.9 Å². The highest BCUT2D eigenvalue weighted by atomic mass is 35.5. The molecule has 1 aromatic heterocycles. The van der Waals surface area contributed by atoms with E-state index in [1.807, 2.05) is 19.9 Å². The summed E-state index contributed by atoms with van der Waals surface area (Å²) in [7, 11) is 1.76. The summed E-state index contributed by atoms with van der Waals surface area (Å²) in [5, 5.41) is 3.17. The van der Waals surface area contributed by atoms with Gasteiger partial charge in [0.2, 0.25) is 0 Å². The first kappa shape index (κ1) is 13.1. The molecule has 96 valence electrons. The van der Waals surface area contributed by atoms with E-state index >= 15 is 0 Å². The van der Waals surface area contributed by atoms with Gasteiger partial charge in [-0.15, -0.1) is 0 Å². The van der Waals surface area contributed by atoms with Crippen molar-refractivity contribution in [3.05, 3.63) is 57.8 Å². The van der Waals surface area contributed by atoms with Crippen LogP contribution in [0.2, 0.25) is 5.02 Å². The summed E-state index contributed by atoms with van der Waals surface area (Å²) < 4.78 is 19.7. The summed E-state index contributed by atoms with van der Waals surface area (Å²) in [5.41, 5.74) is 1.53. The molecule has 1 heterocycles. The van der Waals surface area contributed by atoms with Crippen molar-refractivity contribution >= 4 is 11.6 Å². The lowest BCUT2D eigenvalue weighted by molar-refractivity contribution is 0.435. The van der Waals surface area contributed by atoms with Gasteiger partial charge in [-0.2, -0.15) is 0 Å². The van der Waals surface area contributed by atoms with Crippen LogP contribution in [0.1, 0.15) is 28.7 Å². The molecule has 0 amide bonds. The smallest absolute Gasteiger partial charge is 0.147 e. The summed E-state index contributed by atoms with van der Waals surface area (Å²) in [6.45, 7) is 3.85. The van der Waals surface area contributed by atoms with Crippen LogP contribution in [0.3, 0.4) is 0 Å². The van der Waals surface area contributed by atoms with Crippen molar-refractivity contribution in [3.63, 3.8) is 0 Å². The van der Waals surface area contributed by atoms with Crippen molar-refractivity contribution in [2.75, 3.05) is 7.05 Å². The van der Waals surface area contributed by atoms with Gasteiger partial charge in [0.15, 0.2) is 0 Å². The first-order chi connectivity index (χ1) is 8.54. The first-order valence-corrected chi connectivity index (χ1v) is 6.10. The summed E-state index contributed by atoms with van der Waals surface area (Å²) in [6, 6.07) is 6.54. The van der Waals surface area contributed by atoms with Gasteiger partial charge in [0.1, 0.15) is 17.3 Å². The molecule has 1 N–H and O–H groups in total. The standard InChI is InChI=1S/C14H15ClFNO/c1-8-7-12(18-9(8)2)14(17-3)10-5-4-6-11(15)13(10)16/h4-7,14,17H,1-3H3. The maximum Gasteiger partial charge on any atom is 0.147 e. The zero-order valence-corrected chi connectivity index (χ0v) is 11.3. The fraction of sp³-hybridized carbons (Fsp3) is 0.286. The molecule has 0 saturated heterocycles. The molecule has 0 aliphatic carbocycles. The Hall–Kier alpha value is -1.32. The number of furan rings is 1. The van der Waals surface area contributed by atoms with Gasteiger partial charge in [0.05, 0.1) is 11.1 Å². The molecule has 2 rings (SSSR count). The molecule has 0 bridgehead atoms. The summed E-state index contributed by atoms with van der Waals surface area (Å²) in [4.78, 5) is 0. The lowest BCUT2D eigenvalue weighted by Crippen LogP contribution is -2.18. The van der Waals surface area contributed by atoms with E-state index < -0.39 is 5.82 Å². The average molecular weight is 268 g/mol. The van der Waals surface area contributed by atoms with Gasteiger partial charge in [-0.1, -0.05) is 23.7 Å². The number of nitrogens with one attached hydrogen (secondary N) is 1. The maximum atomic E-state index is 14.0. The highest BCUT2D eigenvalue weighted by Gasteiger charge is 2.21. The molecule has 18 heavy (non-hydrogen) atoms. The zero-order chi connectivity index (χ0) is 13.3. The molecule has 0 aliphatic heterocycles. The number of halogens is 2. The van der Waals surface area contributed by atoms with E-state index in [1.54, 1.807) is 19.2 Å². The lowest BCUT2D eigenvalue weighted by Gasteiger charge is -2.15. The van der Waals surface area contributed by atoms with Gasteiger partial charge in [-0.3, -0.25) is 0 Å². The van der Waals surface area contributed by atoms with Crippen molar-refractivity contribution in [1.29, 1.82) is 0 Å². The van der Waals surface area contributed by atoms with Gasteiger partial charge in [0.25, 0.3) is 0 Å². The number of rotatable bonds is 3. The van der Waals surface area contributed by atoms with Crippen LogP contribution in [0.15, 0.2) is 28.7 Å². The van der Waals surface area contributed by atoms with Crippen LogP contribution in [-0.4, -0.2) is 7.05 Å². The average Bonchev–Trinajstić information content (AvgIpc) is 2.66. The molecule has 0 spiro atoms. The predicted octanol–water partition coefficient (Wildman–Crippen LogP) is 4.00. The Morgan fingerprint density at radius 3 is 2.61 bits per heavy atom. The molecule has 0 saturated carbocycles. The van der Waals surface area contributed by atoms with Crippen molar-refractivity contribution < 1.29 is 8.81 Å². The monoisotopic (exact) mass is 267 g/mol. The summed E-state index contributed by atoms with van der Waals surface area (Å²) >= 11 is 5.81. The third kappa shape index (κ3) is 2.28. The molecule has 2 nitrogen and oxygen atoms in total. The second-order valence-electron chi connectivity index (χ2n) is 4.25. The Morgan fingerprint density at radius 2 is 2.06 bits per heavy atom. The van der Waals surface area contributed by atoms with Crippen LogP contribution in [0.5, 0.6) is 0 Å². The SMILES string of the molecule is CNC(c1cc(C)c(C)o1)c1cccc(Cl)c1F.